The number of anilines is 1. The van der Waals surface area contributed by atoms with E-state index in [-0.39, 0.29) is 5.75 Å². The maximum Gasteiger partial charge on any atom is 0.166 e. The Morgan fingerprint density at radius 1 is 1.55 bits per heavy atom. The quantitative estimate of drug-likeness (QED) is 0.501. The molecule has 2 nitrogen and oxygen atoms in total. The van der Waals surface area contributed by atoms with Crippen LogP contribution in [0.15, 0.2) is 17.0 Å². The Balaban J connectivity index is 3.21. The van der Waals surface area contributed by atoms with Gasteiger partial charge in [-0.2, -0.15) is 0 Å². The second-order valence-electron chi connectivity index (χ2n) is 2.05. The number of hydrogen-bond donors (Lipinski definition) is 2. The van der Waals surface area contributed by atoms with Gasteiger partial charge in [0.05, 0.1) is 7.11 Å². The third-order valence-corrected chi connectivity index (χ3v) is 1.69. The summed E-state index contributed by atoms with van der Waals surface area (Å²) in [6.07, 6.45) is 0. The number of nitrogens with two attached hydrogens (primary N) is 1. The van der Waals surface area contributed by atoms with Gasteiger partial charge in [0, 0.05) is 16.6 Å². The van der Waals surface area contributed by atoms with E-state index in [9.17, 15) is 4.39 Å². The fourth-order valence-corrected chi connectivity index (χ4v) is 0.893. The van der Waals surface area contributed by atoms with Gasteiger partial charge in [-0.05, 0) is 6.07 Å². The van der Waals surface area contributed by atoms with Gasteiger partial charge < -0.3 is 10.5 Å². The first kappa shape index (κ1) is 8.20. The summed E-state index contributed by atoms with van der Waals surface area (Å²) in [5.74, 6) is -0.313. The predicted molar refractivity (Wildman–Crippen MR) is 44.6 cm³/mol. The molecule has 2 N–H and O–H groups in total. The van der Waals surface area contributed by atoms with Crippen LogP contribution in [0.1, 0.15) is 0 Å². The Morgan fingerprint density at radius 2 is 2.18 bits per heavy atom. The lowest BCUT2D eigenvalue weighted by Gasteiger charge is -2.04. The SMILES string of the molecule is COc1cc(N)c(S)cc1F. The van der Waals surface area contributed by atoms with Gasteiger partial charge in [0.1, 0.15) is 0 Å². The lowest BCUT2D eigenvalue weighted by molar-refractivity contribution is 0.386. The zero-order chi connectivity index (χ0) is 8.43. The van der Waals surface area contributed by atoms with Crippen molar-refractivity contribution in [2.75, 3.05) is 12.8 Å². The van der Waals surface area contributed by atoms with Gasteiger partial charge in [0.25, 0.3) is 0 Å². The molecule has 4 heteroatoms. The third-order valence-electron chi connectivity index (χ3n) is 1.30. The van der Waals surface area contributed by atoms with Crippen molar-refractivity contribution in [2.24, 2.45) is 0 Å². The number of ether oxygens (including phenoxy) is 1. The Kier molecular flexibility index (Phi) is 2.24. The zero-order valence-corrected chi connectivity index (χ0v) is 6.86. The number of benzene rings is 1. The van der Waals surface area contributed by atoms with Crippen LogP contribution >= 0.6 is 12.6 Å². The summed E-state index contributed by atoms with van der Waals surface area (Å²) in [7, 11) is 1.38. The molecule has 0 aliphatic carbocycles. The average Bonchev–Trinajstić information content (AvgIpc) is 1.97. The molecule has 0 radical (unpaired) electrons. The van der Waals surface area contributed by atoms with Crippen LogP contribution in [0.5, 0.6) is 5.75 Å². The second kappa shape index (κ2) is 3.00. The number of hydrogen-bond acceptors (Lipinski definition) is 3. The molecular weight excluding hydrogens is 165 g/mol. The van der Waals surface area contributed by atoms with Gasteiger partial charge in [-0.15, -0.1) is 12.6 Å². The maximum atomic E-state index is 12.8. The van der Waals surface area contributed by atoms with Crippen LogP contribution in [0.4, 0.5) is 10.1 Å². The predicted octanol–water partition coefficient (Wildman–Crippen LogP) is 1.71. The molecule has 0 aliphatic rings. The highest BCUT2D eigenvalue weighted by Gasteiger charge is 2.04. The molecule has 0 heterocycles. The first-order valence-corrected chi connectivity index (χ1v) is 3.42. The van der Waals surface area contributed by atoms with E-state index in [4.69, 9.17) is 10.5 Å². The minimum Gasteiger partial charge on any atom is -0.494 e. The molecule has 0 aromatic heterocycles. The van der Waals surface area contributed by atoms with Gasteiger partial charge in [0.2, 0.25) is 0 Å². The largest absolute Gasteiger partial charge is 0.494 e. The molecule has 1 rings (SSSR count). The van der Waals surface area contributed by atoms with Crippen LogP contribution in [-0.2, 0) is 0 Å². The average molecular weight is 173 g/mol. The topological polar surface area (TPSA) is 35.2 Å². The Hall–Kier alpha value is -0.900. The summed E-state index contributed by atoms with van der Waals surface area (Å²) < 4.78 is 17.5. The lowest BCUT2D eigenvalue weighted by Crippen LogP contribution is -1.92. The third kappa shape index (κ3) is 1.57. The van der Waals surface area contributed by atoms with E-state index in [0.29, 0.717) is 10.6 Å². The van der Waals surface area contributed by atoms with E-state index in [2.05, 4.69) is 12.6 Å². The number of methoxy groups -OCH3 is 1. The van der Waals surface area contributed by atoms with Crippen LogP contribution in [0.25, 0.3) is 0 Å². The molecule has 0 atom stereocenters. The van der Waals surface area contributed by atoms with E-state index < -0.39 is 5.82 Å². The summed E-state index contributed by atoms with van der Waals surface area (Å²) in [5, 5.41) is 0. The van der Waals surface area contributed by atoms with Crippen LogP contribution in [0, 0.1) is 5.82 Å². The summed E-state index contributed by atoms with van der Waals surface area (Å²) in [5.41, 5.74) is 5.85. The normalized spacial score (nSPS) is 9.73. The van der Waals surface area contributed by atoms with Crippen LogP contribution in [-0.4, -0.2) is 7.11 Å². The highest BCUT2D eigenvalue weighted by molar-refractivity contribution is 7.80. The van der Waals surface area contributed by atoms with Crippen LogP contribution < -0.4 is 10.5 Å². The minimum atomic E-state index is -0.452. The van der Waals surface area contributed by atoms with Crippen molar-refractivity contribution in [1.29, 1.82) is 0 Å². The molecule has 0 bridgehead atoms. The van der Waals surface area contributed by atoms with Gasteiger partial charge in [0.15, 0.2) is 11.6 Å². The lowest BCUT2D eigenvalue weighted by atomic mass is 10.3. The summed E-state index contributed by atoms with van der Waals surface area (Å²) in [6, 6.07) is 2.62. The van der Waals surface area contributed by atoms with E-state index >= 15 is 0 Å². The fraction of sp³-hybridized carbons (Fsp3) is 0.143. The molecule has 0 saturated carbocycles. The zero-order valence-electron chi connectivity index (χ0n) is 5.97. The van der Waals surface area contributed by atoms with Gasteiger partial charge >= 0.3 is 0 Å². The number of thiol groups is 1. The monoisotopic (exact) mass is 173 g/mol. The molecule has 0 spiro atoms. The summed E-state index contributed by atoms with van der Waals surface area (Å²) >= 11 is 3.93. The van der Waals surface area contributed by atoms with Gasteiger partial charge in [-0.25, -0.2) is 4.39 Å². The molecule has 11 heavy (non-hydrogen) atoms. The number of halogens is 1. The fourth-order valence-electron chi connectivity index (χ4n) is 0.715. The highest BCUT2D eigenvalue weighted by atomic mass is 32.1. The standard InChI is InChI=1S/C7H8FNOS/c1-10-6-3-5(9)7(11)2-4(6)8/h2-3,11H,9H2,1H3. The van der Waals surface area contributed by atoms with Gasteiger partial charge in [-0.3, -0.25) is 0 Å². The Morgan fingerprint density at radius 3 is 2.73 bits per heavy atom. The Labute approximate surface area is 69.6 Å². The highest BCUT2D eigenvalue weighted by Crippen LogP contribution is 2.25. The molecule has 1 aromatic rings. The molecule has 1 aromatic carbocycles. The van der Waals surface area contributed by atoms with E-state index in [1.54, 1.807) is 0 Å². The molecular formula is C7H8FNOS. The van der Waals surface area contributed by atoms with Crippen LogP contribution in [0.2, 0.25) is 0 Å². The van der Waals surface area contributed by atoms with Crippen molar-refractivity contribution >= 4 is 18.3 Å². The molecule has 60 valence electrons. The van der Waals surface area contributed by atoms with E-state index in [0.717, 1.165) is 0 Å². The van der Waals surface area contributed by atoms with Crippen molar-refractivity contribution in [3.05, 3.63) is 17.9 Å². The molecule has 0 amide bonds. The summed E-state index contributed by atoms with van der Waals surface area (Å²) in [4.78, 5) is 0.420. The van der Waals surface area contributed by atoms with E-state index in [1.165, 1.54) is 19.2 Å². The van der Waals surface area contributed by atoms with Crippen molar-refractivity contribution in [3.63, 3.8) is 0 Å². The number of rotatable bonds is 1. The maximum absolute atomic E-state index is 12.8. The van der Waals surface area contributed by atoms with Crippen molar-refractivity contribution in [2.45, 2.75) is 4.90 Å². The first-order valence-electron chi connectivity index (χ1n) is 2.97. The Bertz CT molecular complexity index is 277. The van der Waals surface area contributed by atoms with Crippen molar-refractivity contribution < 1.29 is 9.13 Å². The van der Waals surface area contributed by atoms with E-state index in [1.807, 2.05) is 0 Å². The van der Waals surface area contributed by atoms with Crippen molar-refractivity contribution in [1.82, 2.24) is 0 Å². The molecule has 0 fully saturated rings. The van der Waals surface area contributed by atoms with Crippen molar-refractivity contribution in [3.8, 4) is 5.75 Å². The molecule has 0 aliphatic heterocycles. The minimum absolute atomic E-state index is 0.139. The molecule has 0 saturated heterocycles. The number of nitrogen functional groups attached to an aromatic ring is 1. The first-order chi connectivity index (χ1) is 5.15. The smallest absolute Gasteiger partial charge is 0.166 e. The van der Waals surface area contributed by atoms with Gasteiger partial charge in [-0.1, -0.05) is 0 Å². The summed E-state index contributed by atoms with van der Waals surface area (Å²) in [6.45, 7) is 0. The van der Waals surface area contributed by atoms with Crippen LogP contribution in [0.3, 0.4) is 0 Å². The molecule has 0 unspecified atom stereocenters. The second-order valence-corrected chi connectivity index (χ2v) is 2.53.